The Morgan fingerprint density at radius 2 is 1.52 bits per heavy atom. The molecule has 0 aliphatic carbocycles. The van der Waals surface area contributed by atoms with E-state index in [1.165, 1.54) is 0 Å². The van der Waals surface area contributed by atoms with Crippen molar-refractivity contribution in [2.45, 2.75) is 4.90 Å². The highest BCUT2D eigenvalue weighted by Crippen LogP contribution is 2.13. The van der Waals surface area contributed by atoms with Gasteiger partial charge >= 0.3 is 0 Å². The quantitative estimate of drug-likeness (QED) is 0.598. The molecule has 0 spiro atoms. The molecule has 0 aromatic heterocycles. The van der Waals surface area contributed by atoms with Gasteiger partial charge in [0.1, 0.15) is 23.3 Å². The van der Waals surface area contributed by atoms with Crippen LogP contribution in [0.2, 0.25) is 0 Å². The van der Waals surface area contributed by atoms with Crippen molar-refractivity contribution in [3.8, 4) is 0 Å². The second kappa shape index (κ2) is 7.62. The summed E-state index contributed by atoms with van der Waals surface area (Å²) in [5.74, 6) is -4.88. The van der Waals surface area contributed by atoms with Crippen LogP contribution in [-0.4, -0.2) is 27.4 Å². The molecule has 2 aromatic carbocycles. The molecule has 0 saturated heterocycles. The maximum atomic E-state index is 13.4. The molecular formula is C15H12F4N2O3S. The molecule has 134 valence electrons. The van der Waals surface area contributed by atoms with E-state index in [1.54, 1.807) is 0 Å². The highest BCUT2D eigenvalue weighted by molar-refractivity contribution is 7.89. The predicted molar refractivity (Wildman–Crippen MR) is 80.2 cm³/mol. The van der Waals surface area contributed by atoms with Crippen molar-refractivity contribution >= 4 is 15.9 Å². The maximum absolute atomic E-state index is 13.4. The third-order valence-electron chi connectivity index (χ3n) is 3.02. The highest BCUT2D eigenvalue weighted by atomic mass is 32.2. The first-order valence-corrected chi connectivity index (χ1v) is 8.36. The van der Waals surface area contributed by atoms with Crippen LogP contribution in [0, 0.1) is 23.3 Å². The molecular weight excluding hydrogens is 364 g/mol. The zero-order chi connectivity index (χ0) is 18.6. The van der Waals surface area contributed by atoms with Gasteiger partial charge < -0.3 is 5.32 Å². The Morgan fingerprint density at radius 3 is 2.12 bits per heavy atom. The lowest BCUT2D eigenvalue weighted by molar-refractivity contribution is 0.0950. The molecule has 2 N–H and O–H groups in total. The first-order valence-electron chi connectivity index (χ1n) is 6.88. The van der Waals surface area contributed by atoms with Gasteiger partial charge in [-0.25, -0.2) is 30.7 Å². The van der Waals surface area contributed by atoms with Crippen LogP contribution in [0.25, 0.3) is 0 Å². The zero-order valence-corrected chi connectivity index (χ0v) is 13.3. The summed E-state index contributed by atoms with van der Waals surface area (Å²) in [5, 5.41) is 2.23. The molecule has 10 heteroatoms. The smallest absolute Gasteiger partial charge is 0.254 e. The molecule has 0 atom stereocenters. The molecule has 5 nitrogen and oxygen atoms in total. The zero-order valence-electron chi connectivity index (χ0n) is 12.5. The summed E-state index contributed by atoms with van der Waals surface area (Å²) in [7, 11) is -4.19. The Bertz CT molecular complexity index is 883. The SMILES string of the molecule is O=C(NCCNS(=O)(=O)c1cc(F)cc(F)c1)c1ccc(F)cc1F. The average molecular weight is 376 g/mol. The lowest BCUT2D eigenvalue weighted by Gasteiger charge is -2.09. The van der Waals surface area contributed by atoms with Crippen LogP contribution in [-0.2, 0) is 10.0 Å². The van der Waals surface area contributed by atoms with Crippen molar-refractivity contribution < 1.29 is 30.8 Å². The van der Waals surface area contributed by atoms with Gasteiger partial charge in [0.2, 0.25) is 10.0 Å². The monoisotopic (exact) mass is 376 g/mol. The topological polar surface area (TPSA) is 75.3 Å². The van der Waals surface area contributed by atoms with Gasteiger partial charge in [0.15, 0.2) is 0 Å². The van der Waals surface area contributed by atoms with Gasteiger partial charge in [-0.1, -0.05) is 0 Å². The number of carbonyl (C=O) groups is 1. The summed E-state index contributed by atoms with van der Waals surface area (Å²) < 4.78 is 78.1. The summed E-state index contributed by atoms with van der Waals surface area (Å²) in [6, 6.07) is 4.18. The average Bonchev–Trinajstić information content (AvgIpc) is 2.50. The second-order valence-corrected chi connectivity index (χ2v) is 6.65. The molecule has 0 fully saturated rings. The predicted octanol–water partition coefficient (Wildman–Crippen LogP) is 1.95. The standard InChI is InChI=1S/C15H12F4N2O3S/c16-9-1-2-13(14(19)8-9)15(22)20-3-4-21-25(23,24)12-6-10(17)5-11(18)7-12/h1-2,5-8,21H,3-4H2,(H,20,22). The molecule has 0 aliphatic heterocycles. The first kappa shape index (κ1) is 18.9. The number of carbonyl (C=O) groups excluding carboxylic acids is 1. The van der Waals surface area contributed by atoms with E-state index in [-0.39, 0.29) is 13.1 Å². The van der Waals surface area contributed by atoms with Crippen molar-refractivity contribution in [3.05, 3.63) is 65.2 Å². The van der Waals surface area contributed by atoms with Crippen LogP contribution in [0.4, 0.5) is 17.6 Å². The lowest BCUT2D eigenvalue weighted by Crippen LogP contribution is -2.35. The lowest BCUT2D eigenvalue weighted by atomic mass is 10.2. The molecule has 0 heterocycles. The van der Waals surface area contributed by atoms with Crippen LogP contribution >= 0.6 is 0 Å². The van der Waals surface area contributed by atoms with Crippen LogP contribution in [0.1, 0.15) is 10.4 Å². The Balaban J connectivity index is 1.92. The molecule has 2 rings (SSSR count). The van der Waals surface area contributed by atoms with E-state index in [4.69, 9.17) is 0 Å². The summed E-state index contributed by atoms with van der Waals surface area (Å²) in [4.78, 5) is 11.1. The molecule has 0 saturated carbocycles. The molecule has 25 heavy (non-hydrogen) atoms. The highest BCUT2D eigenvalue weighted by Gasteiger charge is 2.17. The summed E-state index contributed by atoms with van der Waals surface area (Å²) in [6.45, 7) is -0.540. The fourth-order valence-electron chi connectivity index (χ4n) is 1.90. The number of rotatable bonds is 6. The Morgan fingerprint density at radius 1 is 0.880 bits per heavy atom. The molecule has 0 unspecified atom stereocenters. The van der Waals surface area contributed by atoms with Crippen molar-refractivity contribution in [1.82, 2.24) is 10.0 Å². The van der Waals surface area contributed by atoms with E-state index in [2.05, 4.69) is 5.32 Å². The minimum Gasteiger partial charge on any atom is -0.351 e. The van der Waals surface area contributed by atoms with E-state index >= 15 is 0 Å². The third-order valence-corrected chi connectivity index (χ3v) is 4.47. The molecule has 0 bridgehead atoms. The number of hydrogen-bond donors (Lipinski definition) is 2. The van der Waals surface area contributed by atoms with Gasteiger partial charge in [0, 0.05) is 25.2 Å². The molecule has 0 radical (unpaired) electrons. The van der Waals surface area contributed by atoms with Gasteiger partial charge in [-0.15, -0.1) is 0 Å². The van der Waals surface area contributed by atoms with Gasteiger partial charge in [0.05, 0.1) is 10.5 Å². The summed E-state index contributed by atoms with van der Waals surface area (Å²) >= 11 is 0. The van der Waals surface area contributed by atoms with Crippen molar-refractivity contribution in [2.75, 3.05) is 13.1 Å². The van der Waals surface area contributed by atoms with E-state index in [9.17, 15) is 30.8 Å². The number of nitrogens with one attached hydrogen (secondary N) is 2. The Labute approximate surface area is 140 Å². The largest absolute Gasteiger partial charge is 0.351 e. The van der Waals surface area contributed by atoms with Crippen LogP contribution in [0.3, 0.4) is 0 Å². The van der Waals surface area contributed by atoms with E-state index in [1.807, 2.05) is 4.72 Å². The third kappa shape index (κ3) is 5.00. The fraction of sp³-hybridized carbons (Fsp3) is 0.133. The normalized spacial score (nSPS) is 11.4. The maximum Gasteiger partial charge on any atom is 0.254 e. The van der Waals surface area contributed by atoms with Gasteiger partial charge in [-0.3, -0.25) is 4.79 Å². The van der Waals surface area contributed by atoms with Crippen LogP contribution in [0.15, 0.2) is 41.3 Å². The molecule has 2 aromatic rings. The van der Waals surface area contributed by atoms with E-state index in [0.717, 1.165) is 12.1 Å². The minimum atomic E-state index is -4.19. The number of amides is 1. The number of benzene rings is 2. The van der Waals surface area contributed by atoms with Gasteiger partial charge in [-0.05, 0) is 24.3 Å². The first-order chi connectivity index (χ1) is 11.7. The minimum absolute atomic E-state index is 0.229. The van der Waals surface area contributed by atoms with Crippen LogP contribution in [0.5, 0.6) is 0 Å². The van der Waals surface area contributed by atoms with Gasteiger partial charge in [0.25, 0.3) is 5.91 Å². The molecule has 1 amide bonds. The Kier molecular flexibility index (Phi) is 5.75. The summed E-state index contributed by atoms with van der Waals surface area (Å²) in [5.41, 5.74) is -0.406. The second-order valence-electron chi connectivity index (χ2n) is 4.88. The van der Waals surface area contributed by atoms with Crippen LogP contribution < -0.4 is 10.0 Å². The summed E-state index contributed by atoms with van der Waals surface area (Å²) in [6.07, 6.45) is 0. The van der Waals surface area contributed by atoms with E-state index in [0.29, 0.717) is 24.3 Å². The Hall–Kier alpha value is -2.46. The van der Waals surface area contributed by atoms with E-state index < -0.39 is 49.7 Å². The number of halogens is 4. The molecule has 0 aliphatic rings. The fourth-order valence-corrected chi connectivity index (χ4v) is 2.97. The van der Waals surface area contributed by atoms with Crippen molar-refractivity contribution in [2.24, 2.45) is 0 Å². The van der Waals surface area contributed by atoms with Crippen molar-refractivity contribution in [3.63, 3.8) is 0 Å². The van der Waals surface area contributed by atoms with Gasteiger partial charge in [-0.2, -0.15) is 0 Å². The van der Waals surface area contributed by atoms with Crippen molar-refractivity contribution in [1.29, 1.82) is 0 Å². The number of hydrogen-bond acceptors (Lipinski definition) is 3. The number of sulfonamides is 1.